The van der Waals surface area contributed by atoms with Crippen LogP contribution >= 0.6 is 22.9 Å². The number of thiazole rings is 1. The van der Waals surface area contributed by atoms with Crippen LogP contribution in [0.2, 0.25) is 5.02 Å². The van der Waals surface area contributed by atoms with Crippen LogP contribution in [-0.4, -0.2) is 52.8 Å². The second-order valence-corrected chi connectivity index (χ2v) is 9.89. The Morgan fingerprint density at radius 3 is 2.48 bits per heavy atom. The highest BCUT2D eigenvalue weighted by atomic mass is 35.5. The number of fused-ring (bicyclic) bond motifs is 1. The number of para-hydroxylation sites is 1. The van der Waals surface area contributed by atoms with E-state index < -0.39 is 5.82 Å². The van der Waals surface area contributed by atoms with Crippen LogP contribution in [0.1, 0.15) is 34.1 Å². The summed E-state index contributed by atoms with van der Waals surface area (Å²) in [5.41, 5.74) is 1.26. The minimum Gasteiger partial charge on any atom is -0.339 e. The smallest absolute Gasteiger partial charge is 0.255 e. The Balaban J connectivity index is 1.27. The van der Waals surface area contributed by atoms with Crippen molar-refractivity contribution in [3.63, 3.8) is 0 Å². The second kappa shape index (κ2) is 9.23. The zero-order valence-electron chi connectivity index (χ0n) is 17.9. The number of halogens is 2. The SMILES string of the molecule is O=C(c1ccc(F)cc1Cl)N1CCN(C(=O)C2CC=CCC2c2nc3ccccc3s2)CC1. The molecule has 0 N–H and O–H groups in total. The number of amides is 2. The topological polar surface area (TPSA) is 53.5 Å². The molecule has 1 fully saturated rings. The van der Waals surface area contributed by atoms with Gasteiger partial charge in [0.05, 0.1) is 31.7 Å². The highest BCUT2D eigenvalue weighted by Crippen LogP contribution is 2.39. The van der Waals surface area contributed by atoms with Crippen molar-refractivity contribution in [2.24, 2.45) is 5.92 Å². The van der Waals surface area contributed by atoms with Crippen LogP contribution in [0.15, 0.2) is 54.6 Å². The van der Waals surface area contributed by atoms with Crippen molar-refractivity contribution in [1.29, 1.82) is 0 Å². The van der Waals surface area contributed by atoms with Gasteiger partial charge in [0.2, 0.25) is 5.91 Å². The lowest BCUT2D eigenvalue weighted by atomic mass is 9.82. The molecule has 1 aliphatic heterocycles. The van der Waals surface area contributed by atoms with E-state index in [4.69, 9.17) is 16.6 Å². The summed E-state index contributed by atoms with van der Waals surface area (Å²) >= 11 is 7.73. The highest BCUT2D eigenvalue weighted by molar-refractivity contribution is 7.18. The van der Waals surface area contributed by atoms with E-state index in [2.05, 4.69) is 18.2 Å². The van der Waals surface area contributed by atoms with Gasteiger partial charge in [-0.15, -0.1) is 11.3 Å². The first-order valence-corrected chi connectivity index (χ1v) is 12.2. The molecule has 0 saturated carbocycles. The molecule has 2 aromatic carbocycles. The molecule has 0 radical (unpaired) electrons. The number of hydrogen-bond acceptors (Lipinski definition) is 4. The van der Waals surface area contributed by atoms with Crippen LogP contribution in [0, 0.1) is 11.7 Å². The van der Waals surface area contributed by atoms with Crippen LogP contribution in [-0.2, 0) is 4.79 Å². The molecule has 1 aromatic heterocycles. The molecule has 0 bridgehead atoms. The van der Waals surface area contributed by atoms with Crippen molar-refractivity contribution >= 4 is 45.0 Å². The third-order valence-corrected chi connectivity index (χ3v) is 7.90. The third kappa shape index (κ3) is 4.39. The van der Waals surface area contributed by atoms with E-state index in [1.165, 1.54) is 12.1 Å². The lowest BCUT2D eigenvalue weighted by Crippen LogP contribution is -2.52. The van der Waals surface area contributed by atoms with E-state index in [0.29, 0.717) is 32.6 Å². The Morgan fingerprint density at radius 2 is 1.73 bits per heavy atom. The minimum atomic E-state index is -0.476. The first-order valence-electron chi connectivity index (χ1n) is 11.0. The molecule has 2 aliphatic rings. The molecular weight excluding hydrogens is 461 g/mol. The molecule has 33 heavy (non-hydrogen) atoms. The quantitative estimate of drug-likeness (QED) is 0.486. The Bertz CT molecular complexity index is 1200. The summed E-state index contributed by atoms with van der Waals surface area (Å²) in [6, 6.07) is 11.9. The van der Waals surface area contributed by atoms with Gasteiger partial charge in [-0.2, -0.15) is 0 Å². The number of hydrogen-bond donors (Lipinski definition) is 0. The molecule has 2 heterocycles. The predicted octanol–water partition coefficient (Wildman–Crippen LogP) is 5.12. The van der Waals surface area contributed by atoms with Crippen LogP contribution in [0.25, 0.3) is 10.2 Å². The molecule has 8 heteroatoms. The van der Waals surface area contributed by atoms with E-state index >= 15 is 0 Å². The summed E-state index contributed by atoms with van der Waals surface area (Å²) in [5.74, 6) is -0.673. The lowest BCUT2D eigenvalue weighted by Gasteiger charge is -2.38. The monoisotopic (exact) mass is 483 g/mol. The van der Waals surface area contributed by atoms with Gasteiger partial charge in [-0.1, -0.05) is 35.9 Å². The molecule has 3 aromatic rings. The van der Waals surface area contributed by atoms with Gasteiger partial charge in [-0.25, -0.2) is 9.37 Å². The summed E-state index contributed by atoms with van der Waals surface area (Å²) in [5, 5.41) is 1.12. The molecule has 1 saturated heterocycles. The van der Waals surface area contributed by atoms with Crippen molar-refractivity contribution in [3.8, 4) is 0 Å². The standard InChI is InChI=1S/C25H23ClFN3O2S/c26-20-15-16(27)9-10-19(20)25(32)30-13-11-29(12-14-30)24(31)18-6-2-1-5-17(18)23-28-21-7-3-4-8-22(21)33-23/h1-4,7-10,15,17-18H,5-6,11-14H2. The summed E-state index contributed by atoms with van der Waals surface area (Å²) in [6.45, 7) is 1.78. The number of rotatable bonds is 3. The molecule has 2 atom stereocenters. The molecule has 170 valence electrons. The number of benzene rings is 2. The first kappa shape index (κ1) is 22.0. The van der Waals surface area contributed by atoms with Gasteiger partial charge < -0.3 is 9.80 Å². The second-order valence-electron chi connectivity index (χ2n) is 8.42. The Morgan fingerprint density at radius 1 is 1.00 bits per heavy atom. The van der Waals surface area contributed by atoms with Gasteiger partial charge in [-0.3, -0.25) is 9.59 Å². The fraction of sp³-hybridized carbons (Fsp3) is 0.320. The Hall–Kier alpha value is -2.77. The lowest BCUT2D eigenvalue weighted by molar-refractivity contribution is -0.137. The molecule has 0 spiro atoms. The van der Waals surface area contributed by atoms with Gasteiger partial charge in [0, 0.05) is 32.1 Å². The maximum atomic E-state index is 13.5. The molecule has 2 unspecified atom stereocenters. The van der Waals surface area contributed by atoms with E-state index in [-0.39, 0.29) is 34.2 Å². The first-order chi connectivity index (χ1) is 16.0. The average molecular weight is 484 g/mol. The van der Waals surface area contributed by atoms with Crippen molar-refractivity contribution in [2.75, 3.05) is 26.2 Å². The summed E-state index contributed by atoms with van der Waals surface area (Å²) in [7, 11) is 0. The maximum absolute atomic E-state index is 13.5. The van der Waals surface area contributed by atoms with E-state index in [1.54, 1.807) is 16.2 Å². The molecule has 5 rings (SSSR count). The van der Waals surface area contributed by atoms with Gasteiger partial charge in [0.25, 0.3) is 5.91 Å². The van der Waals surface area contributed by atoms with Gasteiger partial charge >= 0.3 is 0 Å². The summed E-state index contributed by atoms with van der Waals surface area (Å²) < 4.78 is 14.5. The Kier molecular flexibility index (Phi) is 6.17. The van der Waals surface area contributed by atoms with E-state index in [9.17, 15) is 14.0 Å². The number of aromatic nitrogens is 1. The van der Waals surface area contributed by atoms with Crippen molar-refractivity contribution in [1.82, 2.24) is 14.8 Å². The number of carbonyl (C=O) groups is 2. The molecule has 5 nitrogen and oxygen atoms in total. The van der Waals surface area contributed by atoms with Crippen LogP contribution < -0.4 is 0 Å². The molecule has 1 aliphatic carbocycles. The van der Waals surface area contributed by atoms with Crippen molar-refractivity contribution in [3.05, 3.63) is 76.0 Å². The zero-order chi connectivity index (χ0) is 22.9. The van der Waals surface area contributed by atoms with E-state index in [1.807, 2.05) is 23.1 Å². The number of carbonyl (C=O) groups excluding carboxylic acids is 2. The van der Waals surface area contributed by atoms with Gasteiger partial charge in [0.15, 0.2) is 0 Å². The van der Waals surface area contributed by atoms with Crippen LogP contribution in [0.4, 0.5) is 4.39 Å². The van der Waals surface area contributed by atoms with Gasteiger partial charge in [0.1, 0.15) is 5.82 Å². The number of piperazine rings is 1. The molecule has 2 amide bonds. The number of allylic oxidation sites excluding steroid dienone is 2. The van der Waals surface area contributed by atoms with Gasteiger partial charge in [-0.05, 0) is 43.2 Å². The fourth-order valence-electron chi connectivity index (χ4n) is 4.61. The minimum absolute atomic E-state index is 0.0672. The van der Waals surface area contributed by atoms with Crippen LogP contribution in [0.3, 0.4) is 0 Å². The zero-order valence-corrected chi connectivity index (χ0v) is 19.5. The predicted molar refractivity (Wildman–Crippen MR) is 128 cm³/mol. The Labute approximate surface area is 200 Å². The third-order valence-electron chi connectivity index (χ3n) is 6.42. The van der Waals surface area contributed by atoms with E-state index in [0.717, 1.165) is 27.7 Å². The summed E-state index contributed by atoms with van der Waals surface area (Å²) in [6.07, 6.45) is 5.73. The van der Waals surface area contributed by atoms with Crippen molar-refractivity contribution in [2.45, 2.75) is 18.8 Å². The average Bonchev–Trinajstić information content (AvgIpc) is 3.28. The maximum Gasteiger partial charge on any atom is 0.255 e. The highest BCUT2D eigenvalue weighted by Gasteiger charge is 2.36. The number of nitrogens with zero attached hydrogens (tertiary/aromatic N) is 3. The van der Waals surface area contributed by atoms with Crippen molar-refractivity contribution < 1.29 is 14.0 Å². The largest absolute Gasteiger partial charge is 0.339 e. The fourth-order valence-corrected chi connectivity index (χ4v) is 6.00. The summed E-state index contributed by atoms with van der Waals surface area (Å²) in [4.78, 5) is 34.7. The normalized spacial score (nSPS) is 20.9. The van der Waals surface area contributed by atoms with Crippen LogP contribution in [0.5, 0.6) is 0 Å². The molecular formula is C25H23ClFN3O2S.